The molecule has 9 heteroatoms. The normalized spacial score (nSPS) is 17.3. The summed E-state index contributed by atoms with van der Waals surface area (Å²) in [5.74, 6) is 0.817. The SMILES string of the molecule is CC(Sc1nc(C2CC2)nc2c1c(=O)[nH]c(=O)n2C1CC1)C(=O)c1ccc(Cl)cc1. The minimum absolute atomic E-state index is 0.0600. The Kier molecular flexibility index (Phi) is 4.78. The Morgan fingerprint density at radius 2 is 1.87 bits per heavy atom. The quantitative estimate of drug-likeness (QED) is 0.355. The molecule has 0 spiro atoms. The van der Waals surface area contributed by atoms with E-state index in [-0.39, 0.29) is 23.1 Å². The number of benzene rings is 1. The summed E-state index contributed by atoms with van der Waals surface area (Å²) in [6.45, 7) is 1.79. The van der Waals surface area contributed by atoms with E-state index in [0.717, 1.165) is 25.7 Å². The number of rotatable bonds is 6. The number of aromatic nitrogens is 4. The van der Waals surface area contributed by atoms with Gasteiger partial charge < -0.3 is 0 Å². The van der Waals surface area contributed by atoms with Gasteiger partial charge in [0.05, 0.1) is 5.25 Å². The second kappa shape index (κ2) is 7.35. The topological polar surface area (TPSA) is 97.7 Å². The fourth-order valence-electron chi connectivity index (χ4n) is 3.48. The van der Waals surface area contributed by atoms with E-state index in [1.54, 1.807) is 35.8 Å². The Labute approximate surface area is 180 Å². The van der Waals surface area contributed by atoms with Crippen molar-refractivity contribution in [3.8, 4) is 0 Å². The van der Waals surface area contributed by atoms with Gasteiger partial charge in [0.15, 0.2) is 11.4 Å². The average Bonchev–Trinajstić information content (AvgIpc) is 3.61. The van der Waals surface area contributed by atoms with E-state index in [1.165, 1.54) is 11.8 Å². The summed E-state index contributed by atoms with van der Waals surface area (Å²) < 4.78 is 1.58. The minimum atomic E-state index is -0.511. The van der Waals surface area contributed by atoms with Crippen LogP contribution in [0.2, 0.25) is 5.02 Å². The molecular formula is C21H19ClN4O3S. The summed E-state index contributed by atoms with van der Waals surface area (Å²) in [4.78, 5) is 49.7. The van der Waals surface area contributed by atoms with Crippen molar-refractivity contribution < 1.29 is 4.79 Å². The Hall–Kier alpha value is -2.45. The molecule has 2 saturated carbocycles. The van der Waals surface area contributed by atoms with Crippen LogP contribution in [-0.2, 0) is 0 Å². The lowest BCUT2D eigenvalue weighted by molar-refractivity contribution is 0.0994. The lowest BCUT2D eigenvalue weighted by Gasteiger charge is -2.14. The van der Waals surface area contributed by atoms with E-state index in [1.807, 2.05) is 0 Å². The van der Waals surface area contributed by atoms with Crippen LogP contribution in [0.15, 0.2) is 38.9 Å². The number of carbonyl (C=O) groups excluding carboxylic acids is 1. The number of aromatic amines is 1. The molecule has 2 aromatic heterocycles. The van der Waals surface area contributed by atoms with Crippen molar-refractivity contribution in [3.05, 3.63) is 61.5 Å². The van der Waals surface area contributed by atoms with E-state index < -0.39 is 16.5 Å². The van der Waals surface area contributed by atoms with Crippen molar-refractivity contribution in [2.24, 2.45) is 0 Å². The van der Waals surface area contributed by atoms with Crippen LogP contribution in [0.25, 0.3) is 11.0 Å². The lowest BCUT2D eigenvalue weighted by atomic mass is 10.1. The number of fused-ring (bicyclic) bond motifs is 1. The smallest absolute Gasteiger partial charge is 0.293 e. The molecule has 2 aliphatic carbocycles. The van der Waals surface area contributed by atoms with Crippen LogP contribution < -0.4 is 11.2 Å². The zero-order valence-electron chi connectivity index (χ0n) is 16.2. The number of halogens is 1. The van der Waals surface area contributed by atoms with E-state index in [2.05, 4.69) is 15.0 Å². The first kappa shape index (κ1) is 19.5. The molecule has 2 heterocycles. The van der Waals surface area contributed by atoms with Gasteiger partial charge in [0.25, 0.3) is 5.56 Å². The maximum absolute atomic E-state index is 12.9. The highest BCUT2D eigenvalue weighted by molar-refractivity contribution is 8.00. The Balaban J connectivity index is 1.60. The number of hydrogen-bond donors (Lipinski definition) is 1. The summed E-state index contributed by atoms with van der Waals surface area (Å²) in [6, 6.07) is 6.79. The second-order valence-corrected chi connectivity index (χ2v) is 9.62. The van der Waals surface area contributed by atoms with Gasteiger partial charge in [-0.1, -0.05) is 23.4 Å². The van der Waals surface area contributed by atoms with Crippen LogP contribution in [0, 0.1) is 0 Å². The van der Waals surface area contributed by atoms with E-state index in [4.69, 9.17) is 11.6 Å². The Morgan fingerprint density at radius 1 is 1.17 bits per heavy atom. The van der Waals surface area contributed by atoms with Gasteiger partial charge in [-0.25, -0.2) is 14.8 Å². The van der Waals surface area contributed by atoms with Crippen LogP contribution in [0.3, 0.4) is 0 Å². The number of Topliss-reactive ketones (excluding diaryl/α,β-unsaturated/α-hetero) is 1. The van der Waals surface area contributed by atoms with Gasteiger partial charge in [-0.15, -0.1) is 0 Å². The van der Waals surface area contributed by atoms with Gasteiger partial charge in [-0.2, -0.15) is 0 Å². The third-order valence-electron chi connectivity index (χ3n) is 5.41. The molecule has 1 unspecified atom stereocenters. The van der Waals surface area contributed by atoms with Gasteiger partial charge in [0.1, 0.15) is 16.2 Å². The summed E-state index contributed by atoms with van der Waals surface area (Å²) >= 11 is 7.15. The first-order valence-corrected chi connectivity index (χ1v) is 11.2. The molecule has 0 bridgehead atoms. The number of nitrogens with one attached hydrogen (secondary N) is 1. The molecule has 0 saturated heterocycles. The minimum Gasteiger partial charge on any atom is -0.293 e. The highest BCUT2D eigenvalue weighted by Crippen LogP contribution is 2.41. The zero-order valence-corrected chi connectivity index (χ0v) is 17.8. The molecular weight excluding hydrogens is 424 g/mol. The van der Waals surface area contributed by atoms with Gasteiger partial charge in [0, 0.05) is 22.5 Å². The molecule has 0 amide bonds. The predicted octanol–water partition coefficient (Wildman–Crippen LogP) is 3.71. The fourth-order valence-corrected chi connectivity index (χ4v) is 4.64. The average molecular weight is 443 g/mol. The van der Waals surface area contributed by atoms with Crippen molar-refractivity contribution in [2.75, 3.05) is 0 Å². The molecule has 2 fully saturated rings. The highest BCUT2D eigenvalue weighted by Gasteiger charge is 2.33. The van der Waals surface area contributed by atoms with Gasteiger partial charge in [-0.05, 0) is 56.9 Å². The van der Waals surface area contributed by atoms with E-state index >= 15 is 0 Å². The predicted molar refractivity (Wildman–Crippen MR) is 116 cm³/mol. The molecule has 1 N–H and O–H groups in total. The maximum atomic E-state index is 12.9. The molecule has 5 rings (SSSR count). The van der Waals surface area contributed by atoms with Crippen LogP contribution >= 0.6 is 23.4 Å². The summed E-state index contributed by atoms with van der Waals surface area (Å²) in [7, 11) is 0. The standard InChI is InChI=1S/C21H19ClN4O3S/c1-10(16(27)11-4-6-13(22)7-5-11)30-20-15-18(23-17(24-20)12-2-3-12)26(14-8-9-14)21(29)25-19(15)28/h4-7,10,12,14H,2-3,8-9H2,1H3,(H,25,28,29). The molecule has 0 aliphatic heterocycles. The number of hydrogen-bond acceptors (Lipinski definition) is 6. The fraction of sp³-hybridized carbons (Fsp3) is 0.381. The summed E-state index contributed by atoms with van der Waals surface area (Å²) in [5, 5.41) is 0.823. The third-order valence-corrected chi connectivity index (χ3v) is 6.75. The van der Waals surface area contributed by atoms with Crippen molar-refractivity contribution in [2.45, 2.75) is 54.8 Å². The number of ketones is 1. The van der Waals surface area contributed by atoms with Crippen LogP contribution in [0.1, 0.15) is 60.7 Å². The molecule has 154 valence electrons. The van der Waals surface area contributed by atoms with Gasteiger partial charge in [0.2, 0.25) is 0 Å². The molecule has 1 atom stereocenters. The first-order chi connectivity index (χ1) is 14.4. The number of nitrogens with zero attached hydrogens (tertiary/aromatic N) is 3. The maximum Gasteiger partial charge on any atom is 0.330 e. The number of H-pyrrole nitrogens is 1. The zero-order chi connectivity index (χ0) is 21.0. The second-order valence-electron chi connectivity index (χ2n) is 7.85. The summed E-state index contributed by atoms with van der Waals surface area (Å²) in [6.07, 6.45) is 3.76. The molecule has 30 heavy (non-hydrogen) atoms. The monoisotopic (exact) mass is 442 g/mol. The van der Waals surface area contributed by atoms with E-state index in [0.29, 0.717) is 27.1 Å². The Bertz CT molecular complexity index is 1280. The molecule has 2 aliphatic rings. The first-order valence-electron chi connectivity index (χ1n) is 9.95. The summed E-state index contributed by atoms with van der Waals surface area (Å²) in [5.41, 5.74) is -0.0136. The number of carbonyl (C=O) groups is 1. The van der Waals surface area contributed by atoms with Crippen molar-refractivity contribution in [1.29, 1.82) is 0 Å². The van der Waals surface area contributed by atoms with Crippen molar-refractivity contribution in [1.82, 2.24) is 19.5 Å². The van der Waals surface area contributed by atoms with E-state index in [9.17, 15) is 14.4 Å². The van der Waals surface area contributed by atoms with Gasteiger partial charge in [-0.3, -0.25) is 19.1 Å². The molecule has 7 nitrogen and oxygen atoms in total. The highest BCUT2D eigenvalue weighted by atomic mass is 35.5. The van der Waals surface area contributed by atoms with Crippen molar-refractivity contribution >= 4 is 40.2 Å². The van der Waals surface area contributed by atoms with Crippen LogP contribution in [-0.4, -0.2) is 30.6 Å². The Morgan fingerprint density at radius 3 is 2.50 bits per heavy atom. The lowest BCUT2D eigenvalue weighted by Crippen LogP contribution is -2.31. The van der Waals surface area contributed by atoms with Crippen LogP contribution in [0.4, 0.5) is 0 Å². The van der Waals surface area contributed by atoms with Crippen molar-refractivity contribution in [3.63, 3.8) is 0 Å². The number of thioether (sulfide) groups is 1. The largest absolute Gasteiger partial charge is 0.330 e. The van der Waals surface area contributed by atoms with Crippen LogP contribution in [0.5, 0.6) is 0 Å². The molecule has 0 radical (unpaired) electrons. The van der Waals surface area contributed by atoms with Gasteiger partial charge >= 0.3 is 5.69 Å². The third kappa shape index (κ3) is 3.58. The molecule has 3 aromatic rings. The molecule has 1 aromatic carbocycles.